The summed E-state index contributed by atoms with van der Waals surface area (Å²) >= 11 is 0. The Hall–Kier alpha value is -1.85. The first-order chi connectivity index (χ1) is 9.88. The molecule has 1 aromatic heterocycles. The van der Waals surface area contributed by atoms with E-state index in [4.69, 9.17) is 0 Å². The van der Waals surface area contributed by atoms with Gasteiger partial charge < -0.3 is 10.2 Å². The molecule has 1 N–H and O–H groups in total. The van der Waals surface area contributed by atoms with Crippen molar-refractivity contribution in [1.29, 1.82) is 0 Å². The number of likely N-dealkylation sites (N-methyl/N-ethyl adjacent to an activating group) is 1. The highest BCUT2D eigenvalue weighted by Gasteiger charge is 2.22. The summed E-state index contributed by atoms with van der Waals surface area (Å²) < 4.78 is 1.86. The highest BCUT2D eigenvalue weighted by atomic mass is 16.2. The van der Waals surface area contributed by atoms with Crippen LogP contribution in [-0.2, 0) is 22.7 Å². The van der Waals surface area contributed by atoms with Crippen molar-refractivity contribution in [2.75, 3.05) is 7.05 Å². The third-order valence-corrected chi connectivity index (χ3v) is 3.41. The molecule has 1 heterocycles. The topological polar surface area (TPSA) is 67.2 Å². The van der Waals surface area contributed by atoms with Crippen molar-refractivity contribution in [1.82, 2.24) is 20.0 Å². The standard InChI is InChI=1S/C15H26N4O2/c1-6-8-14(16-12(4)20)15(21)18(5)9-13-10-19(7-2)17-11(13)3/h10,14H,6-9H2,1-5H3,(H,16,20)/t14-/m0/s1. The van der Waals surface area contributed by atoms with Crippen molar-refractivity contribution in [2.45, 2.75) is 59.7 Å². The molecule has 0 radical (unpaired) electrons. The lowest BCUT2D eigenvalue weighted by molar-refractivity contribution is -0.135. The van der Waals surface area contributed by atoms with Crippen molar-refractivity contribution < 1.29 is 9.59 Å². The van der Waals surface area contributed by atoms with E-state index in [2.05, 4.69) is 10.4 Å². The fourth-order valence-corrected chi connectivity index (χ4v) is 2.27. The number of carbonyl (C=O) groups is 2. The van der Waals surface area contributed by atoms with E-state index >= 15 is 0 Å². The van der Waals surface area contributed by atoms with Gasteiger partial charge in [-0.1, -0.05) is 13.3 Å². The largest absolute Gasteiger partial charge is 0.345 e. The Morgan fingerprint density at radius 3 is 2.57 bits per heavy atom. The average Bonchev–Trinajstić information content (AvgIpc) is 2.77. The summed E-state index contributed by atoms with van der Waals surface area (Å²) in [7, 11) is 1.76. The zero-order chi connectivity index (χ0) is 16.0. The molecule has 1 aromatic rings. The Labute approximate surface area is 126 Å². The van der Waals surface area contributed by atoms with Crippen LogP contribution >= 0.6 is 0 Å². The van der Waals surface area contributed by atoms with Crippen LogP contribution in [0.5, 0.6) is 0 Å². The smallest absolute Gasteiger partial charge is 0.245 e. The van der Waals surface area contributed by atoms with Gasteiger partial charge in [0, 0.05) is 38.8 Å². The van der Waals surface area contributed by atoms with Gasteiger partial charge in [-0.25, -0.2) is 0 Å². The van der Waals surface area contributed by atoms with Crippen molar-refractivity contribution in [3.63, 3.8) is 0 Å². The minimum atomic E-state index is -0.445. The first-order valence-electron chi connectivity index (χ1n) is 7.44. The maximum atomic E-state index is 12.4. The molecule has 1 rings (SSSR count). The van der Waals surface area contributed by atoms with Gasteiger partial charge in [-0.2, -0.15) is 5.10 Å². The molecule has 0 saturated heterocycles. The summed E-state index contributed by atoms with van der Waals surface area (Å²) in [4.78, 5) is 25.3. The van der Waals surface area contributed by atoms with E-state index < -0.39 is 6.04 Å². The Morgan fingerprint density at radius 1 is 1.43 bits per heavy atom. The molecule has 2 amide bonds. The minimum absolute atomic E-state index is 0.0595. The van der Waals surface area contributed by atoms with E-state index in [1.165, 1.54) is 6.92 Å². The van der Waals surface area contributed by atoms with Crippen molar-refractivity contribution >= 4 is 11.8 Å². The van der Waals surface area contributed by atoms with Crippen LogP contribution in [0.2, 0.25) is 0 Å². The average molecular weight is 294 g/mol. The molecule has 0 aliphatic heterocycles. The van der Waals surface area contributed by atoms with Crippen LogP contribution in [0.3, 0.4) is 0 Å². The number of nitrogens with zero attached hydrogens (tertiary/aromatic N) is 3. The van der Waals surface area contributed by atoms with Crippen molar-refractivity contribution in [2.24, 2.45) is 0 Å². The number of amides is 2. The third-order valence-electron chi connectivity index (χ3n) is 3.41. The van der Waals surface area contributed by atoms with Crippen LogP contribution in [-0.4, -0.2) is 39.6 Å². The van der Waals surface area contributed by atoms with E-state index in [-0.39, 0.29) is 11.8 Å². The summed E-state index contributed by atoms with van der Waals surface area (Å²) in [6.07, 6.45) is 3.46. The molecule has 0 spiro atoms. The molecule has 1 atom stereocenters. The first-order valence-corrected chi connectivity index (χ1v) is 7.44. The van der Waals surface area contributed by atoms with Crippen LogP contribution in [0.25, 0.3) is 0 Å². The number of aromatic nitrogens is 2. The fourth-order valence-electron chi connectivity index (χ4n) is 2.27. The minimum Gasteiger partial charge on any atom is -0.345 e. The first kappa shape index (κ1) is 17.2. The van der Waals surface area contributed by atoms with Gasteiger partial charge in [0.25, 0.3) is 0 Å². The summed E-state index contributed by atoms with van der Waals surface area (Å²) in [5, 5.41) is 7.11. The number of hydrogen-bond donors (Lipinski definition) is 1. The van der Waals surface area contributed by atoms with Gasteiger partial charge in [0.2, 0.25) is 11.8 Å². The van der Waals surface area contributed by atoms with Crippen LogP contribution in [0.1, 0.15) is 44.9 Å². The lowest BCUT2D eigenvalue weighted by Gasteiger charge is -2.23. The SMILES string of the molecule is CCC[C@H](NC(C)=O)C(=O)N(C)Cc1cn(CC)nc1C. The van der Waals surface area contributed by atoms with Gasteiger partial charge in [0.05, 0.1) is 5.69 Å². The quantitative estimate of drug-likeness (QED) is 0.828. The van der Waals surface area contributed by atoms with Crippen molar-refractivity contribution in [3.05, 3.63) is 17.5 Å². The van der Waals surface area contributed by atoms with Gasteiger partial charge in [0.1, 0.15) is 6.04 Å². The van der Waals surface area contributed by atoms with Crippen LogP contribution in [0.15, 0.2) is 6.20 Å². The Balaban J connectivity index is 2.75. The third kappa shape index (κ3) is 4.88. The lowest BCUT2D eigenvalue weighted by Crippen LogP contribution is -2.46. The molecule has 0 aliphatic carbocycles. The molecule has 0 bridgehead atoms. The van der Waals surface area contributed by atoms with Gasteiger partial charge in [-0.05, 0) is 20.3 Å². The second kappa shape index (κ2) is 7.81. The molecular formula is C15H26N4O2. The van der Waals surface area contributed by atoms with E-state index in [0.717, 1.165) is 24.2 Å². The molecule has 21 heavy (non-hydrogen) atoms. The highest BCUT2D eigenvalue weighted by molar-refractivity contribution is 5.86. The molecule has 6 nitrogen and oxygen atoms in total. The molecular weight excluding hydrogens is 268 g/mol. The van der Waals surface area contributed by atoms with Crippen LogP contribution < -0.4 is 5.32 Å². The normalized spacial score (nSPS) is 12.0. The van der Waals surface area contributed by atoms with Gasteiger partial charge in [0.15, 0.2) is 0 Å². The number of aryl methyl sites for hydroxylation is 2. The Bertz CT molecular complexity index is 496. The molecule has 6 heteroatoms. The van der Waals surface area contributed by atoms with Crippen molar-refractivity contribution in [3.8, 4) is 0 Å². The maximum absolute atomic E-state index is 12.4. The van der Waals surface area contributed by atoms with Gasteiger partial charge in [-0.3, -0.25) is 14.3 Å². The Kier molecular flexibility index (Phi) is 6.39. The predicted octanol–water partition coefficient (Wildman–Crippen LogP) is 1.47. The van der Waals surface area contributed by atoms with E-state index in [0.29, 0.717) is 13.0 Å². The summed E-state index contributed by atoms with van der Waals surface area (Å²) in [5.41, 5.74) is 1.97. The lowest BCUT2D eigenvalue weighted by atomic mass is 10.1. The molecule has 0 unspecified atom stereocenters. The number of hydrogen-bond acceptors (Lipinski definition) is 3. The predicted molar refractivity (Wildman–Crippen MR) is 81.6 cm³/mol. The zero-order valence-electron chi connectivity index (χ0n) is 13.6. The Morgan fingerprint density at radius 2 is 2.10 bits per heavy atom. The van der Waals surface area contributed by atoms with Gasteiger partial charge >= 0.3 is 0 Å². The number of carbonyl (C=O) groups excluding carboxylic acids is 2. The monoisotopic (exact) mass is 294 g/mol. The second-order valence-electron chi connectivity index (χ2n) is 5.33. The second-order valence-corrected chi connectivity index (χ2v) is 5.33. The summed E-state index contributed by atoms with van der Waals surface area (Å²) in [6.45, 7) is 8.71. The molecule has 118 valence electrons. The van der Waals surface area contributed by atoms with Gasteiger partial charge in [-0.15, -0.1) is 0 Å². The number of nitrogens with one attached hydrogen (secondary N) is 1. The van der Waals surface area contributed by atoms with Crippen LogP contribution in [0.4, 0.5) is 0 Å². The van der Waals surface area contributed by atoms with E-state index in [1.807, 2.05) is 31.6 Å². The fraction of sp³-hybridized carbons (Fsp3) is 0.667. The van der Waals surface area contributed by atoms with E-state index in [1.54, 1.807) is 11.9 Å². The molecule has 0 aliphatic rings. The molecule has 0 saturated carbocycles. The number of rotatable bonds is 7. The summed E-state index contributed by atoms with van der Waals surface area (Å²) in [5.74, 6) is -0.235. The summed E-state index contributed by atoms with van der Waals surface area (Å²) in [6, 6.07) is -0.445. The van der Waals surface area contributed by atoms with E-state index in [9.17, 15) is 9.59 Å². The molecule has 0 fully saturated rings. The van der Waals surface area contributed by atoms with Crippen LogP contribution in [0, 0.1) is 6.92 Å². The highest BCUT2D eigenvalue weighted by Crippen LogP contribution is 2.10. The maximum Gasteiger partial charge on any atom is 0.245 e. The molecule has 0 aromatic carbocycles. The zero-order valence-corrected chi connectivity index (χ0v) is 13.6.